The summed E-state index contributed by atoms with van der Waals surface area (Å²) in [5.41, 5.74) is 0. The minimum absolute atomic E-state index is 0.224. The van der Waals surface area contributed by atoms with Gasteiger partial charge in [0.05, 0.1) is 25.4 Å². The maximum absolute atomic E-state index is 13.0. The number of hydrogen-bond acceptors (Lipinski definition) is 8. The topological polar surface area (TPSA) is 149 Å². The number of unbranched alkanes of at least 4 members (excludes halogenated alkanes) is 15. The third-order valence-electron chi connectivity index (χ3n) is 12.2. The number of aliphatic hydroxyl groups excluding tert-OH is 5. The van der Waals surface area contributed by atoms with E-state index in [-0.39, 0.29) is 18.9 Å². The summed E-state index contributed by atoms with van der Waals surface area (Å²) in [7, 11) is 0. The minimum atomic E-state index is -1.59. The lowest BCUT2D eigenvalue weighted by molar-refractivity contribution is -0.302. The molecule has 0 bridgehead atoms. The summed E-state index contributed by atoms with van der Waals surface area (Å²) in [5, 5.41) is 54.4. The summed E-state index contributed by atoms with van der Waals surface area (Å²) in [6, 6.07) is -0.850. The van der Waals surface area contributed by atoms with Gasteiger partial charge in [0, 0.05) is 6.42 Å². The number of amides is 1. The average Bonchev–Trinajstić information content (AvgIpc) is 3.37. The van der Waals surface area contributed by atoms with E-state index >= 15 is 0 Å². The first kappa shape index (κ1) is 65.3. The summed E-state index contributed by atoms with van der Waals surface area (Å²) in [6.45, 7) is 3.61. The second-order valence-corrected chi connectivity index (χ2v) is 18.6. The third-order valence-corrected chi connectivity index (χ3v) is 12.2. The molecule has 9 nitrogen and oxygen atoms in total. The highest BCUT2D eigenvalue weighted by atomic mass is 16.7. The van der Waals surface area contributed by atoms with Gasteiger partial charge in [-0.05, 0) is 103 Å². The van der Waals surface area contributed by atoms with Gasteiger partial charge in [0.1, 0.15) is 24.4 Å². The van der Waals surface area contributed by atoms with E-state index in [1.54, 1.807) is 6.08 Å². The van der Waals surface area contributed by atoms with Crippen molar-refractivity contribution in [1.29, 1.82) is 0 Å². The summed E-state index contributed by atoms with van der Waals surface area (Å²) >= 11 is 0. The number of ether oxygens (including phenoxy) is 2. The Morgan fingerprint density at radius 1 is 0.493 bits per heavy atom. The molecule has 402 valence electrons. The van der Waals surface area contributed by atoms with Crippen molar-refractivity contribution < 1.29 is 39.8 Å². The molecule has 1 saturated heterocycles. The second-order valence-electron chi connectivity index (χ2n) is 18.6. The summed E-state index contributed by atoms with van der Waals surface area (Å²) in [5.74, 6) is -0.225. The van der Waals surface area contributed by atoms with Gasteiger partial charge in [-0.3, -0.25) is 4.79 Å². The maximum atomic E-state index is 13.0. The Balaban J connectivity index is 2.31. The van der Waals surface area contributed by atoms with Gasteiger partial charge in [0.15, 0.2) is 6.29 Å². The van der Waals surface area contributed by atoms with Crippen LogP contribution in [0.5, 0.6) is 0 Å². The lowest BCUT2D eigenvalue weighted by Gasteiger charge is -2.40. The Morgan fingerprint density at radius 3 is 1.35 bits per heavy atom. The molecule has 1 heterocycles. The Labute approximate surface area is 432 Å². The van der Waals surface area contributed by atoms with Crippen LogP contribution in [0.25, 0.3) is 0 Å². The highest BCUT2D eigenvalue weighted by molar-refractivity contribution is 5.76. The monoisotopic (exact) mass is 988 g/mol. The van der Waals surface area contributed by atoms with Crippen LogP contribution in [0.4, 0.5) is 0 Å². The van der Waals surface area contributed by atoms with E-state index in [1.165, 1.54) is 70.6 Å². The molecule has 0 spiro atoms. The molecule has 0 aromatic rings. The van der Waals surface area contributed by atoms with Crippen LogP contribution >= 0.6 is 0 Å². The lowest BCUT2D eigenvalue weighted by atomic mass is 9.99. The number of rotatable bonds is 45. The van der Waals surface area contributed by atoms with Crippen LogP contribution in [0.2, 0.25) is 0 Å². The summed E-state index contributed by atoms with van der Waals surface area (Å²) in [6.07, 6.45) is 69.3. The van der Waals surface area contributed by atoms with Gasteiger partial charge in [-0.15, -0.1) is 0 Å². The van der Waals surface area contributed by atoms with Gasteiger partial charge in [-0.2, -0.15) is 0 Å². The molecule has 71 heavy (non-hydrogen) atoms. The molecule has 1 rings (SSSR count). The van der Waals surface area contributed by atoms with Gasteiger partial charge in [0.25, 0.3) is 0 Å². The molecule has 1 fully saturated rings. The highest BCUT2D eigenvalue weighted by Crippen LogP contribution is 2.22. The zero-order chi connectivity index (χ0) is 51.5. The highest BCUT2D eigenvalue weighted by Gasteiger charge is 2.44. The molecule has 1 aliphatic heterocycles. The van der Waals surface area contributed by atoms with Crippen molar-refractivity contribution in [2.24, 2.45) is 0 Å². The zero-order valence-electron chi connectivity index (χ0n) is 44.4. The first-order chi connectivity index (χ1) is 34.8. The predicted octanol–water partition coefficient (Wildman–Crippen LogP) is 13.7. The molecular weight excluding hydrogens is 887 g/mol. The van der Waals surface area contributed by atoms with Crippen LogP contribution in [0.15, 0.2) is 134 Å². The molecule has 0 radical (unpaired) electrons. The molecule has 1 amide bonds. The van der Waals surface area contributed by atoms with Crippen LogP contribution in [-0.4, -0.2) is 87.5 Å². The second kappa shape index (κ2) is 49.9. The number of hydrogen-bond donors (Lipinski definition) is 6. The largest absolute Gasteiger partial charge is 0.394 e. The quantitative estimate of drug-likeness (QED) is 0.0261. The van der Waals surface area contributed by atoms with E-state index in [9.17, 15) is 30.3 Å². The van der Waals surface area contributed by atoms with Crippen molar-refractivity contribution in [2.45, 2.75) is 236 Å². The molecule has 7 unspecified atom stereocenters. The number of nitrogens with one attached hydrogen (secondary N) is 1. The Bertz CT molecular complexity index is 1570. The van der Waals surface area contributed by atoms with Crippen LogP contribution < -0.4 is 5.32 Å². The van der Waals surface area contributed by atoms with Crippen molar-refractivity contribution in [3.63, 3.8) is 0 Å². The van der Waals surface area contributed by atoms with Gasteiger partial charge in [0.2, 0.25) is 5.91 Å². The van der Waals surface area contributed by atoms with E-state index in [0.717, 1.165) is 96.3 Å². The molecule has 6 N–H and O–H groups in total. The van der Waals surface area contributed by atoms with Crippen LogP contribution in [0.1, 0.15) is 194 Å². The van der Waals surface area contributed by atoms with Gasteiger partial charge >= 0.3 is 0 Å². The zero-order valence-corrected chi connectivity index (χ0v) is 44.4. The summed E-state index contributed by atoms with van der Waals surface area (Å²) in [4.78, 5) is 13.0. The Kier molecular flexibility index (Phi) is 45.9. The first-order valence-corrected chi connectivity index (χ1v) is 27.9. The molecule has 7 atom stereocenters. The average molecular weight is 988 g/mol. The van der Waals surface area contributed by atoms with Crippen LogP contribution in [0.3, 0.4) is 0 Å². The molecule has 0 aromatic heterocycles. The van der Waals surface area contributed by atoms with E-state index in [4.69, 9.17) is 9.47 Å². The van der Waals surface area contributed by atoms with Gasteiger partial charge in [-0.1, -0.05) is 218 Å². The first-order valence-electron chi connectivity index (χ1n) is 27.9. The number of aliphatic hydroxyl groups is 5. The van der Waals surface area contributed by atoms with E-state index in [0.29, 0.717) is 6.42 Å². The number of carbonyl (C=O) groups is 1. The van der Waals surface area contributed by atoms with E-state index in [2.05, 4.69) is 141 Å². The van der Waals surface area contributed by atoms with Crippen molar-refractivity contribution in [3.8, 4) is 0 Å². The van der Waals surface area contributed by atoms with Gasteiger partial charge < -0.3 is 40.3 Å². The van der Waals surface area contributed by atoms with Crippen LogP contribution in [-0.2, 0) is 14.3 Å². The standard InChI is InChI=1S/C62H101NO8/c1-3-5-7-9-11-13-15-17-19-21-22-23-24-25-26-27-28-29-30-31-32-33-34-36-38-40-42-44-46-48-50-52-58(66)63-55(54-70-62-61(69)60(68)59(67)57(53-64)71-62)56(65)51-49-47-45-43-41-39-37-35-20-18-16-14-12-10-8-6-4-2/h5,7,11,13,17,19,22-23,25-26,28-29,31-32,34,36,40-43,49,51,55-57,59-62,64-65,67-69H,3-4,6,8-10,12,14-16,18,20-21,24,27,30,33,35,37-39,44-48,50,52-54H2,1-2H3,(H,63,66)/b7-5-,13-11-,19-17-,23-22-,26-25-,29-28-,32-31-,36-34-,42-40-,43-41+,51-49+. The van der Waals surface area contributed by atoms with E-state index < -0.39 is 49.5 Å². The SMILES string of the molecule is CC/C=C\C/C=C\C/C=C\C/C=C\C/C=C\C/C=C\C/C=C\C/C=C\C/C=C\CCCCCC(=O)NC(COC1OC(CO)C(O)C(O)C1O)C(O)/C=C/CC/C=C/CCCCCCCCCCCCC. The Morgan fingerprint density at radius 2 is 0.887 bits per heavy atom. The van der Waals surface area contributed by atoms with Crippen molar-refractivity contribution >= 4 is 5.91 Å². The van der Waals surface area contributed by atoms with Crippen molar-refractivity contribution in [2.75, 3.05) is 13.2 Å². The predicted molar refractivity (Wildman–Crippen MR) is 299 cm³/mol. The molecule has 9 heteroatoms. The molecule has 0 aromatic carbocycles. The molecule has 0 saturated carbocycles. The third kappa shape index (κ3) is 39.5. The fourth-order valence-corrected chi connectivity index (χ4v) is 7.81. The maximum Gasteiger partial charge on any atom is 0.220 e. The Hall–Kier alpha value is -3.67. The molecule has 0 aliphatic carbocycles. The van der Waals surface area contributed by atoms with E-state index in [1.807, 2.05) is 6.08 Å². The smallest absolute Gasteiger partial charge is 0.220 e. The normalized spacial score (nSPS) is 20.4. The van der Waals surface area contributed by atoms with Crippen molar-refractivity contribution in [3.05, 3.63) is 134 Å². The molecular formula is C62H101NO8. The van der Waals surface area contributed by atoms with Crippen LogP contribution in [0, 0.1) is 0 Å². The van der Waals surface area contributed by atoms with Gasteiger partial charge in [-0.25, -0.2) is 0 Å². The van der Waals surface area contributed by atoms with Crippen molar-refractivity contribution in [1.82, 2.24) is 5.32 Å². The number of allylic oxidation sites excluding steroid dienone is 21. The fourth-order valence-electron chi connectivity index (χ4n) is 7.81. The fraction of sp³-hybridized carbons (Fsp3) is 0.629. The minimum Gasteiger partial charge on any atom is -0.394 e. The summed E-state index contributed by atoms with van der Waals surface area (Å²) < 4.78 is 11.2. The lowest BCUT2D eigenvalue weighted by Crippen LogP contribution is -2.60. The number of carbonyl (C=O) groups excluding carboxylic acids is 1. The molecule has 1 aliphatic rings.